The number of aromatic nitrogens is 4. The van der Waals surface area contributed by atoms with Gasteiger partial charge in [-0.05, 0) is 34.6 Å². The summed E-state index contributed by atoms with van der Waals surface area (Å²) in [5.41, 5.74) is 4.53. The first-order chi connectivity index (χ1) is 10.3. The zero-order valence-electron chi connectivity index (χ0n) is 14.6. The molecule has 1 atom stereocenters. The van der Waals surface area contributed by atoms with Gasteiger partial charge in [-0.25, -0.2) is 4.98 Å². The van der Waals surface area contributed by atoms with Gasteiger partial charge in [-0.1, -0.05) is 0 Å². The second-order valence-electron chi connectivity index (χ2n) is 5.86. The van der Waals surface area contributed by atoms with Gasteiger partial charge >= 0.3 is 0 Å². The van der Waals surface area contributed by atoms with E-state index in [0.29, 0.717) is 5.95 Å². The van der Waals surface area contributed by atoms with E-state index in [9.17, 15) is 0 Å². The number of anilines is 2. The fraction of sp³-hybridized carbons (Fsp3) is 0.562. The standard InChI is InChI=1S/C16H26N6/c1-8-22-13(5)14(12(4)20-22)11(3)18-16-17-9-10(2)15(19-16)21(6)7/h9,11H,8H2,1-7H3,(H,17,18,19)/t11-/m1/s1. The average Bonchev–Trinajstić information content (AvgIpc) is 2.75. The summed E-state index contributed by atoms with van der Waals surface area (Å²) in [5, 5.41) is 7.98. The lowest BCUT2D eigenvalue weighted by Gasteiger charge is -2.18. The van der Waals surface area contributed by atoms with Crippen LogP contribution < -0.4 is 10.2 Å². The molecule has 2 aromatic heterocycles. The van der Waals surface area contributed by atoms with Crippen LogP contribution in [0.4, 0.5) is 11.8 Å². The number of rotatable bonds is 5. The third kappa shape index (κ3) is 3.05. The Morgan fingerprint density at radius 1 is 1.27 bits per heavy atom. The van der Waals surface area contributed by atoms with Crippen LogP contribution in [-0.2, 0) is 6.54 Å². The van der Waals surface area contributed by atoms with Gasteiger partial charge in [-0.15, -0.1) is 0 Å². The highest BCUT2D eigenvalue weighted by Gasteiger charge is 2.18. The lowest BCUT2D eigenvalue weighted by molar-refractivity contribution is 0.632. The Morgan fingerprint density at radius 2 is 1.95 bits per heavy atom. The molecule has 1 N–H and O–H groups in total. The van der Waals surface area contributed by atoms with Crippen LogP contribution in [0.5, 0.6) is 0 Å². The summed E-state index contributed by atoms with van der Waals surface area (Å²) in [6.07, 6.45) is 1.85. The zero-order chi connectivity index (χ0) is 16.4. The highest BCUT2D eigenvalue weighted by atomic mass is 15.3. The van der Waals surface area contributed by atoms with Gasteiger partial charge in [-0.2, -0.15) is 10.1 Å². The molecule has 0 amide bonds. The minimum atomic E-state index is 0.109. The molecule has 2 rings (SSSR count). The Morgan fingerprint density at radius 3 is 2.50 bits per heavy atom. The van der Waals surface area contributed by atoms with Crippen molar-refractivity contribution in [1.82, 2.24) is 19.7 Å². The van der Waals surface area contributed by atoms with Gasteiger partial charge < -0.3 is 10.2 Å². The molecule has 0 saturated heterocycles. The lowest BCUT2D eigenvalue weighted by Crippen LogP contribution is -2.16. The maximum Gasteiger partial charge on any atom is 0.225 e. The molecule has 0 spiro atoms. The molecule has 0 radical (unpaired) electrons. The quantitative estimate of drug-likeness (QED) is 0.920. The second kappa shape index (κ2) is 6.34. The molecule has 22 heavy (non-hydrogen) atoms. The van der Waals surface area contributed by atoms with E-state index in [4.69, 9.17) is 0 Å². The molecule has 6 heteroatoms. The SMILES string of the molecule is CCn1nc(C)c([C@@H](C)Nc2ncc(C)c(N(C)C)n2)c1C. The van der Waals surface area contributed by atoms with Crippen LogP contribution in [0.1, 0.15) is 42.4 Å². The topological polar surface area (TPSA) is 58.9 Å². The van der Waals surface area contributed by atoms with Gasteiger partial charge in [0, 0.05) is 43.7 Å². The lowest BCUT2D eigenvalue weighted by atomic mass is 10.1. The van der Waals surface area contributed by atoms with E-state index in [-0.39, 0.29) is 6.04 Å². The van der Waals surface area contributed by atoms with Crippen molar-refractivity contribution in [2.24, 2.45) is 0 Å². The van der Waals surface area contributed by atoms with Crippen molar-refractivity contribution in [3.8, 4) is 0 Å². The predicted molar refractivity (Wildman–Crippen MR) is 90.5 cm³/mol. The van der Waals surface area contributed by atoms with E-state index >= 15 is 0 Å². The molecule has 0 aliphatic heterocycles. The first-order valence-electron chi connectivity index (χ1n) is 7.66. The first kappa shape index (κ1) is 16.3. The maximum atomic E-state index is 4.60. The van der Waals surface area contributed by atoms with Crippen LogP contribution in [-0.4, -0.2) is 33.8 Å². The summed E-state index contributed by atoms with van der Waals surface area (Å²) < 4.78 is 2.03. The van der Waals surface area contributed by atoms with Crippen LogP contribution in [0, 0.1) is 20.8 Å². The predicted octanol–water partition coefficient (Wildman–Crippen LogP) is 2.86. The Balaban J connectivity index is 2.28. The number of hydrogen-bond donors (Lipinski definition) is 1. The Labute approximate surface area is 132 Å². The maximum absolute atomic E-state index is 4.60. The van der Waals surface area contributed by atoms with E-state index in [0.717, 1.165) is 23.6 Å². The number of nitrogens with zero attached hydrogens (tertiary/aromatic N) is 5. The minimum absolute atomic E-state index is 0.109. The number of hydrogen-bond acceptors (Lipinski definition) is 5. The number of aryl methyl sites for hydroxylation is 3. The molecule has 2 aromatic rings. The van der Waals surface area contributed by atoms with Gasteiger partial charge in [-0.3, -0.25) is 4.68 Å². The Hall–Kier alpha value is -2.11. The third-order valence-corrected chi connectivity index (χ3v) is 3.88. The minimum Gasteiger partial charge on any atom is -0.362 e. The fourth-order valence-electron chi connectivity index (χ4n) is 2.87. The molecule has 2 heterocycles. The summed E-state index contributed by atoms with van der Waals surface area (Å²) in [7, 11) is 3.98. The van der Waals surface area contributed by atoms with Crippen molar-refractivity contribution in [2.75, 3.05) is 24.3 Å². The van der Waals surface area contributed by atoms with E-state index in [1.807, 2.05) is 43.7 Å². The molecule has 0 fully saturated rings. The molecule has 6 nitrogen and oxygen atoms in total. The van der Waals surface area contributed by atoms with Crippen LogP contribution in [0.2, 0.25) is 0 Å². The van der Waals surface area contributed by atoms with Gasteiger partial charge in [0.1, 0.15) is 5.82 Å². The summed E-state index contributed by atoms with van der Waals surface area (Å²) in [6.45, 7) is 11.3. The van der Waals surface area contributed by atoms with Crippen molar-refractivity contribution >= 4 is 11.8 Å². The van der Waals surface area contributed by atoms with Gasteiger partial charge in [0.05, 0.1) is 11.7 Å². The van der Waals surface area contributed by atoms with Crippen molar-refractivity contribution in [3.05, 3.63) is 28.7 Å². The second-order valence-corrected chi connectivity index (χ2v) is 5.86. The molecule has 0 aliphatic carbocycles. The smallest absolute Gasteiger partial charge is 0.225 e. The van der Waals surface area contributed by atoms with Crippen LogP contribution in [0.3, 0.4) is 0 Å². The fourth-order valence-corrected chi connectivity index (χ4v) is 2.87. The Bertz CT molecular complexity index is 659. The molecule has 0 unspecified atom stereocenters. The summed E-state index contributed by atoms with van der Waals surface area (Å²) in [5.74, 6) is 1.58. The summed E-state index contributed by atoms with van der Waals surface area (Å²) in [4.78, 5) is 11.0. The summed E-state index contributed by atoms with van der Waals surface area (Å²) >= 11 is 0. The molecule has 0 bridgehead atoms. The molecular formula is C16H26N6. The van der Waals surface area contributed by atoms with Gasteiger partial charge in [0.25, 0.3) is 0 Å². The average molecular weight is 302 g/mol. The van der Waals surface area contributed by atoms with Crippen molar-refractivity contribution in [2.45, 2.75) is 47.2 Å². The van der Waals surface area contributed by atoms with E-state index < -0.39 is 0 Å². The molecule has 0 aromatic carbocycles. The summed E-state index contributed by atoms with van der Waals surface area (Å²) in [6, 6.07) is 0.109. The highest BCUT2D eigenvalue weighted by Crippen LogP contribution is 2.25. The van der Waals surface area contributed by atoms with Gasteiger partial charge in [0.15, 0.2) is 0 Å². The molecule has 120 valence electrons. The normalized spacial score (nSPS) is 12.3. The highest BCUT2D eigenvalue weighted by molar-refractivity contribution is 5.48. The molecular weight excluding hydrogens is 276 g/mol. The monoisotopic (exact) mass is 302 g/mol. The number of nitrogens with one attached hydrogen (secondary N) is 1. The zero-order valence-corrected chi connectivity index (χ0v) is 14.6. The van der Waals surface area contributed by atoms with E-state index in [1.54, 1.807) is 0 Å². The van der Waals surface area contributed by atoms with Crippen LogP contribution in [0.25, 0.3) is 0 Å². The molecule has 0 aliphatic rings. The third-order valence-electron chi connectivity index (χ3n) is 3.88. The van der Waals surface area contributed by atoms with Gasteiger partial charge in [0.2, 0.25) is 5.95 Å². The first-order valence-corrected chi connectivity index (χ1v) is 7.66. The van der Waals surface area contributed by atoms with Crippen molar-refractivity contribution in [1.29, 1.82) is 0 Å². The van der Waals surface area contributed by atoms with E-state index in [1.165, 1.54) is 11.3 Å². The van der Waals surface area contributed by atoms with E-state index in [2.05, 4.69) is 41.2 Å². The van der Waals surface area contributed by atoms with Crippen molar-refractivity contribution in [3.63, 3.8) is 0 Å². The van der Waals surface area contributed by atoms with Crippen molar-refractivity contribution < 1.29 is 0 Å². The molecule has 0 saturated carbocycles. The van der Waals surface area contributed by atoms with Crippen LogP contribution in [0.15, 0.2) is 6.20 Å². The van der Waals surface area contributed by atoms with Crippen LogP contribution >= 0.6 is 0 Å². The largest absolute Gasteiger partial charge is 0.362 e. The Kier molecular flexibility index (Phi) is 4.68.